The van der Waals surface area contributed by atoms with E-state index in [0.717, 1.165) is 6.61 Å². The van der Waals surface area contributed by atoms with Gasteiger partial charge in [0.05, 0.1) is 19.8 Å². The topological polar surface area (TPSA) is 30.5 Å². The minimum atomic E-state index is 0.00400. The summed E-state index contributed by atoms with van der Waals surface area (Å²) >= 11 is 0. The Morgan fingerprint density at radius 1 is 0.929 bits per heavy atom. The minimum Gasteiger partial charge on any atom is -0.378 e. The molecule has 0 radical (unpaired) electrons. The highest BCUT2D eigenvalue weighted by Gasteiger charge is 2.10. The van der Waals surface area contributed by atoms with Crippen molar-refractivity contribution in [2.45, 2.75) is 47.1 Å². The van der Waals surface area contributed by atoms with E-state index in [1.54, 1.807) is 0 Å². The van der Waals surface area contributed by atoms with Gasteiger partial charge in [0, 0.05) is 5.54 Å². The molecule has 0 saturated heterocycles. The molecule has 3 nitrogen and oxygen atoms in total. The van der Waals surface area contributed by atoms with Gasteiger partial charge in [-0.05, 0) is 26.2 Å². The Kier molecular flexibility index (Phi) is 5.64. The molecule has 86 valence electrons. The predicted molar refractivity (Wildman–Crippen MR) is 59.1 cm³/mol. The van der Waals surface area contributed by atoms with Gasteiger partial charge < -0.3 is 4.74 Å². The Balaban J connectivity index is 3.23. The van der Waals surface area contributed by atoms with Crippen LogP contribution in [-0.2, 0) is 9.57 Å². The smallest absolute Gasteiger partial charge is 0.0916 e. The molecule has 0 bridgehead atoms. The molecule has 0 aliphatic heterocycles. The molecule has 0 unspecified atom stereocenters. The monoisotopic (exact) mass is 203 g/mol. The van der Waals surface area contributed by atoms with Gasteiger partial charge in [-0.2, -0.15) is 5.48 Å². The Hall–Kier alpha value is -0.120. The first kappa shape index (κ1) is 13.9. The number of rotatable bonds is 5. The molecule has 0 spiro atoms. The summed E-state index contributed by atoms with van der Waals surface area (Å²) in [5.41, 5.74) is 3.18. The maximum atomic E-state index is 5.45. The van der Waals surface area contributed by atoms with Crippen molar-refractivity contribution in [1.29, 1.82) is 0 Å². The molecular weight excluding hydrogens is 178 g/mol. The largest absolute Gasteiger partial charge is 0.378 e. The molecule has 1 N–H and O–H groups in total. The van der Waals surface area contributed by atoms with Crippen LogP contribution in [0.2, 0.25) is 0 Å². The maximum absolute atomic E-state index is 5.45. The molecule has 0 rings (SSSR count). The third kappa shape index (κ3) is 11.9. The lowest BCUT2D eigenvalue weighted by Crippen LogP contribution is -2.36. The van der Waals surface area contributed by atoms with E-state index in [-0.39, 0.29) is 11.0 Å². The molecule has 0 aromatic rings. The van der Waals surface area contributed by atoms with E-state index in [1.807, 2.05) is 0 Å². The first-order chi connectivity index (χ1) is 6.21. The van der Waals surface area contributed by atoms with Gasteiger partial charge in [0.15, 0.2) is 0 Å². The van der Waals surface area contributed by atoms with Crippen molar-refractivity contribution in [2.75, 3.05) is 19.8 Å². The Bertz CT molecular complexity index is 126. The van der Waals surface area contributed by atoms with Crippen LogP contribution in [-0.4, -0.2) is 25.4 Å². The standard InChI is InChI=1S/C11H25NO2/c1-10(2,3)9-13-7-8-14-12-11(4,5)6/h12H,7-9H2,1-6H3. The second kappa shape index (κ2) is 5.69. The average Bonchev–Trinajstić information content (AvgIpc) is 1.92. The van der Waals surface area contributed by atoms with Gasteiger partial charge in [0.2, 0.25) is 0 Å². The van der Waals surface area contributed by atoms with Crippen LogP contribution in [0, 0.1) is 5.41 Å². The number of ether oxygens (including phenoxy) is 1. The Morgan fingerprint density at radius 3 is 1.93 bits per heavy atom. The first-order valence-corrected chi connectivity index (χ1v) is 5.17. The molecule has 0 fully saturated rings. The highest BCUT2D eigenvalue weighted by molar-refractivity contribution is 4.63. The van der Waals surface area contributed by atoms with Crippen molar-refractivity contribution in [2.24, 2.45) is 5.41 Å². The van der Waals surface area contributed by atoms with Crippen LogP contribution in [0.4, 0.5) is 0 Å². The lowest BCUT2D eigenvalue weighted by atomic mass is 9.99. The second-order valence-corrected chi connectivity index (χ2v) is 5.81. The van der Waals surface area contributed by atoms with Gasteiger partial charge in [0.1, 0.15) is 0 Å². The van der Waals surface area contributed by atoms with Crippen LogP contribution < -0.4 is 5.48 Å². The number of nitrogens with one attached hydrogen (secondary N) is 1. The van der Waals surface area contributed by atoms with Crippen molar-refractivity contribution < 1.29 is 9.57 Å². The normalized spacial score (nSPS) is 13.3. The highest BCUT2D eigenvalue weighted by atomic mass is 16.7. The summed E-state index contributed by atoms with van der Waals surface area (Å²) in [5, 5.41) is 0. The molecule has 0 aliphatic rings. The van der Waals surface area contributed by atoms with Gasteiger partial charge in [0.25, 0.3) is 0 Å². The van der Waals surface area contributed by atoms with Crippen LogP contribution in [0.15, 0.2) is 0 Å². The summed E-state index contributed by atoms with van der Waals surface area (Å²) < 4.78 is 5.45. The molecule has 0 aliphatic carbocycles. The quantitative estimate of drug-likeness (QED) is 0.549. The zero-order valence-electron chi connectivity index (χ0n) is 10.4. The SMILES string of the molecule is CC(C)(C)COCCONC(C)(C)C. The van der Waals surface area contributed by atoms with Crippen LogP contribution >= 0.6 is 0 Å². The number of hydrogen-bond acceptors (Lipinski definition) is 3. The predicted octanol–water partition coefficient (Wildman–Crippen LogP) is 2.37. The summed E-state index contributed by atoms with van der Waals surface area (Å²) in [5.74, 6) is 0. The minimum absolute atomic E-state index is 0.00400. The molecule has 0 amide bonds. The molecule has 0 aromatic carbocycles. The van der Waals surface area contributed by atoms with Crippen molar-refractivity contribution in [1.82, 2.24) is 5.48 Å². The summed E-state index contributed by atoms with van der Waals surface area (Å²) in [6, 6.07) is 0. The van der Waals surface area contributed by atoms with Crippen molar-refractivity contribution in [3.8, 4) is 0 Å². The van der Waals surface area contributed by atoms with E-state index < -0.39 is 0 Å². The fourth-order valence-corrected chi connectivity index (χ4v) is 0.746. The maximum Gasteiger partial charge on any atom is 0.0916 e. The van der Waals surface area contributed by atoms with Crippen molar-refractivity contribution in [3.63, 3.8) is 0 Å². The van der Waals surface area contributed by atoms with Crippen LogP contribution in [0.1, 0.15) is 41.5 Å². The lowest BCUT2D eigenvalue weighted by molar-refractivity contribution is -0.0449. The third-order valence-electron chi connectivity index (χ3n) is 1.24. The molecule has 0 saturated carbocycles. The van der Waals surface area contributed by atoms with E-state index >= 15 is 0 Å². The summed E-state index contributed by atoms with van der Waals surface area (Å²) in [4.78, 5) is 5.24. The van der Waals surface area contributed by atoms with E-state index in [2.05, 4.69) is 47.0 Å². The van der Waals surface area contributed by atoms with Crippen LogP contribution in [0.5, 0.6) is 0 Å². The fraction of sp³-hybridized carbons (Fsp3) is 1.00. The second-order valence-electron chi connectivity index (χ2n) is 5.81. The van der Waals surface area contributed by atoms with Crippen LogP contribution in [0.3, 0.4) is 0 Å². The van der Waals surface area contributed by atoms with Gasteiger partial charge >= 0.3 is 0 Å². The molecule has 0 aromatic heterocycles. The van der Waals surface area contributed by atoms with Gasteiger partial charge in [-0.1, -0.05) is 20.8 Å². The van der Waals surface area contributed by atoms with Crippen molar-refractivity contribution in [3.05, 3.63) is 0 Å². The average molecular weight is 203 g/mol. The van der Waals surface area contributed by atoms with Crippen LogP contribution in [0.25, 0.3) is 0 Å². The van der Waals surface area contributed by atoms with Gasteiger partial charge in [-0.25, -0.2) is 0 Å². The zero-order valence-corrected chi connectivity index (χ0v) is 10.4. The third-order valence-corrected chi connectivity index (χ3v) is 1.24. The molecule has 3 heteroatoms. The van der Waals surface area contributed by atoms with E-state index in [0.29, 0.717) is 13.2 Å². The number of hydroxylamine groups is 1. The number of hydrogen-bond donors (Lipinski definition) is 1. The summed E-state index contributed by atoms with van der Waals surface area (Å²) in [6.07, 6.45) is 0. The first-order valence-electron chi connectivity index (χ1n) is 5.17. The summed E-state index contributed by atoms with van der Waals surface area (Å²) in [6.45, 7) is 14.6. The van der Waals surface area contributed by atoms with Gasteiger partial charge in [-0.3, -0.25) is 4.84 Å². The Morgan fingerprint density at radius 2 is 1.50 bits per heavy atom. The molecule has 14 heavy (non-hydrogen) atoms. The zero-order chi connectivity index (χ0) is 11.2. The van der Waals surface area contributed by atoms with E-state index in [1.165, 1.54) is 0 Å². The fourth-order valence-electron chi connectivity index (χ4n) is 0.746. The summed E-state index contributed by atoms with van der Waals surface area (Å²) in [7, 11) is 0. The molecular formula is C11H25NO2. The molecule has 0 atom stereocenters. The lowest BCUT2D eigenvalue weighted by Gasteiger charge is -2.21. The van der Waals surface area contributed by atoms with Crippen molar-refractivity contribution >= 4 is 0 Å². The molecule has 0 heterocycles. The highest BCUT2D eigenvalue weighted by Crippen LogP contribution is 2.12. The van der Waals surface area contributed by atoms with E-state index in [9.17, 15) is 0 Å². The Labute approximate surface area is 88.1 Å². The van der Waals surface area contributed by atoms with Gasteiger partial charge in [-0.15, -0.1) is 0 Å². The van der Waals surface area contributed by atoms with E-state index in [4.69, 9.17) is 9.57 Å².